The smallest absolute Gasteiger partial charge is 0.322 e. The molecule has 1 heterocycles. The zero-order valence-corrected chi connectivity index (χ0v) is 13.0. The van der Waals surface area contributed by atoms with Gasteiger partial charge in [0.2, 0.25) is 0 Å². The van der Waals surface area contributed by atoms with Gasteiger partial charge in [-0.2, -0.15) is 0 Å². The number of carbonyl (C=O) groups excluding carboxylic acids is 1. The van der Waals surface area contributed by atoms with Crippen molar-refractivity contribution in [1.29, 1.82) is 0 Å². The SMILES string of the molecule is CCCCOc1ccc(NC(=O)N2CCOCC2CO)cc1. The van der Waals surface area contributed by atoms with E-state index >= 15 is 0 Å². The lowest BCUT2D eigenvalue weighted by molar-refractivity contribution is -0.00485. The quantitative estimate of drug-likeness (QED) is 0.790. The summed E-state index contributed by atoms with van der Waals surface area (Å²) in [7, 11) is 0. The number of carbonyl (C=O) groups is 1. The molecule has 2 amide bonds. The van der Waals surface area contributed by atoms with Crippen LogP contribution in [0.5, 0.6) is 5.75 Å². The minimum atomic E-state index is -0.287. The predicted octanol–water partition coefficient (Wildman–Crippen LogP) is 2.09. The maximum absolute atomic E-state index is 12.2. The first kappa shape index (κ1) is 16.6. The lowest BCUT2D eigenvalue weighted by atomic mass is 10.2. The number of urea groups is 1. The molecule has 0 spiro atoms. The minimum absolute atomic E-state index is 0.0996. The summed E-state index contributed by atoms with van der Waals surface area (Å²) in [6.07, 6.45) is 2.12. The van der Waals surface area contributed by atoms with Gasteiger partial charge >= 0.3 is 6.03 Å². The number of morpholine rings is 1. The Morgan fingerprint density at radius 3 is 2.91 bits per heavy atom. The molecule has 0 radical (unpaired) electrons. The zero-order valence-electron chi connectivity index (χ0n) is 13.0. The van der Waals surface area contributed by atoms with Gasteiger partial charge in [-0.25, -0.2) is 4.79 Å². The number of anilines is 1. The highest BCUT2D eigenvalue weighted by Gasteiger charge is 2.26. The van der Waals surface area contributed by atoms with E-state index in [9.17, 15) is 9.90 Å². The van der Waals surface area contributed by atoms with Crippen LogP contribution in [0.15, 0.2) is 24.3 Å². The summed E-state index contributed by atoms with van der Waals surface area (Å²) in [6, 6.07) is 6.80. The normalized spacial score (nSPS) is 18.1. The number of nitrogens with one attached hydrogen (secondary N) is 1. The van der Waals surface area contributed by atoms with E-state index in [2.05, 4.69) is 12.2 Å². The molecule has 0 bridgehead atoms. The molecule has 1 aliphatic rings. The van der Waals surface area contributed by atoms with Crippen molar-refractivity contribution in [1.82, 2.24) is 4.90 Å². The molecule has 2 rings (SSSR count). The molecule has 0 saturated carbocycles. The van der Waals surface area contributed by atoms with Gasteiger partial charge in [0.15, 0.2) is 0 Å². The van der Waals surface area contributed by atoms with Crippen LogP contribution in [-0.2, 0) is 4.74 Å². The first-order chi connectivity index (χ1) is 10.7. The number of aliphatic hydroxyl groups is 1. The second-order valence-electron chi connectivity index (χ2n) is 5.26. The Labute approximate surface area is 131 Å². The predicted molar refractivity (Wildman–Crippen MR) is 84.3 cm³/mol. The van der Waals surface area contributed by atoms with Crippen molar-refractivity contribution < 1.29 is 19.4 Å². The maximum Gasteiger partial charge on any atom is 0.322 e. The molecular formula is C16H24N2O4. The Morgan fingerprint density at radius 1 is 1.45 bits per heavy atom. The monoisotopic (exact) mass is 308 g/mol. The third-order valence-electron chi connectivity index (χ3n) is 3.57. The average Bonchev–Trinajstić information content (AvgIpc) is 2.56. The van der Waals surface area contributed by atoms with Crippen LogP contribution >= 0.6 is 0 Å². The van der Waals surface area contributed by atoms with Crippen molar-refractivity contribution in [3.05, 3.63) is 24.3 Å². The van der Waals surface area contributed by atoms with Gasteiger partial charge in [0.05, 0.1) is 32.5 Å². The van der Waals surface area contributed by atoms with E-state index in [1.54, 1.807) is 4.90 Å². The summed E-state index contributed by atoms with van der Waals surface area (Å²) in [5.41, 5.74) is 0.705. The van der Waals surface area contributed by atoms with E-state index in [0.29, 0.717) is 32.1 Å². The molecule has 1 aromatic rings. The van der Waals surface area contributed by atoms with Crippen molar-refractivity contribution >= 4 is 11.7 Å². The first-order valence-corrected chi connectivity index (χ1v) is 7.73. The number of unbranched alkanes of at least 4 members (excludes halogenated alkanes) is 1. The Kier molecular flexibility index (Phi) is 6.48. The summed E-state index contributed by atoms with van der Waals surface area (Å²) < 4.78 is 10.9. The van der Waals surface area contributed by atoms with Crippen molar-refractivity contribution in [2.45, 2.75) is 25.8 Å². The molecule has 1 fully saturated rings. The Balaban J connectivity index is 1.88. The van der Waals surface area contributed by atoms with E-state index in [1.807, 2.05) is 24.3 Å². The highest BCUT2D eigenvalue weighted by molar-refractivity contribution is 5.89. The fourth-order valence-electron chi connectivity index (χ4n) is 2.24. The number of rotatable bonds is 6. The third-order valence-corrected chi connectivity index (χ3v) is 3.57. The summed E-state index contributed by atoms with van der Waals surface area (Å²) >= 11 is 0. The van der Waals surface area contributed by atoms with Crippen molar-refractivity contribution in [3.8, 4) is 5.75 Å². The molecule has 6 nitrogen and oxygen atoms in total. The molecule has 1 aliphatic heterocycles. The van der Waals surface area contributed by atoms with Gasteiger partial charge in [-0.3, -0.25) is 0 Å². The van der Waals surface area contributed by atoms with Crippen LogP contribution in [0.25, 0.3) is 0 Å². The summed E-state index contributed by atoms with van der Waals surface area (Å²) in [5.74, 6) is 0.797. The van der Waals surface area contributed by atoms with Gasteiger partial charge in [-0.1, -0.05) is 13.3 Å². The minimum Gasteiger partial charge on any atom is -0.494 e. The highest BCUT2D eigenvalue weighted by atomic mass is 16.5. The van der Waals surface area contributed by atoms with Crippen LogP contribution in [0.1, 0.15) is 19.8 Å². The number of nitrogens with zero attached hydrogens (tertiary/aromatic N) is 1. The van der Waals surface area contributed by atoms with Crippen molar-refractivity contribution in [2.75, 3.05) is 38.3 Å². The molecule has 1 aromatic carbocycles. The number of hydrogen-bond donors (Lipinski definition) is 2. The average molecular weight is 308 g/mol. The molecule has 2 N–H and O–H groups in total. The van der Waals surface area contributed by atoms with Crippen LogP contribution in [0.3, 0.4) is 0 Å². The van der Waals surface area contributed by atoms with E-state index in [1.165, 1.54) is 0 Å². The molecule has 1 saturated heterocycles. The number of aliphatic hydroxyl groups excluding tert-OH is 1. The van der Waals surface area contributed by atoms with Gasteiger partial charge in [-0.15, -0.1) is 0 Å². The van der Waals surface area contributed by atoms with Gasteiger partial charge in [0.1, 0.15) is 5.75 Å². The Hall–Kier alpha value is -1.79. The molecule has 1 atom stereocenters. The third kappa shape index (κ3) is 4.61. The van der Waals surface area contributed by atoms with Crippen LogP contribution in [-0.4, -0.2) is 55.1 Å². The van der Waals surface area contributed by atoms with Crippen LogP contribution in [0.4, 0.5) is 10.5 Å². The maximum atomic E-state index is 12.2. The van der Waals surface area contributed by atoms with E-state index < -0.39 is 0 Å². The second kappa shape index (κ2) is 8.60. The van der Waals surface area contributed by atoms with Crippen molar-refractivity contribution in [2.24, 2.45) is 0 Å². The topological polar surface area (TPSA) is 71.0 Å². The second-order valence-corrected chi connectivity index (χ2v) is 5.26. The van der Waals surface area contributed by atoms with E-state index in [4.69, 9.17) is 9.47 Å². The van der Waals surface area contributed by atoms with Crippen LogP contribution in [0.2, 0.25) is 0 Å². The van der Waals surface area contributed by atoms with E-state index in [0.717, 1.165) is 18.6 Å². The summed E-state index contributed by atoms with van der Waals surface area (Å²) in [6.45, 7) is 4.07. The van der Waals surface area contributed by atoms with Crippen molar-refractivity contribution in [3.63, 3.8) is 0 Å². The molecular weight excluding hydrogens is 284 g/mol. The lowest BCUT2D eigenvalue weighted by Crippen LogP contribution is -2.52. The van der Waals surface area contributed by atoms with Gasteiger partial charge in [0, 0.05) is 12.2 Å². The largest absolute Gasteiger partial charge is 0.494 e. The molecule has 0 aliphatic carbocycles. The number of ether oxygens (including phenoxy) is 2. The van der Waals surface area contributed by atoms with Crippen LogP contribution in [0, 0.1) is 0 Å². The van der Waals surface area contributed by atoms with Gasteiger partial charge in [-0.05, 0) is 30.7 Å². The summed E-state index contributed by atoms with van der Waals surface area (Å²) in [5, 5.41) is 12.1. The fourth-order valence-corrected chi connectivity index (χ4v) is 2.24. The number of benzene rings is 1. The van der Waals surface area contributed by atoms with Gasteiger partial charge < -0.3 is 24.8 Å². The van der Waals surface area contributed by atoms with Crippen LogP contribution < -0.4 is 10.1 Å². The molecule has 6 heteroatoms. The zero-order chi connectivity index (χ0) is 15.8. The summed E-state index contributed by atoms with van der Waals surface area (Å²) in [4.78, 5) is 13.9. The molecule has 1 unspecified atom stereocenters. The molecule has 22 heavy (non-hydrogen) atoms. The first-order valence-electron chi connectivity index (χ1n) is 7.73. The molecule has 122 valence electrons. The lowest BCUT2D eigenvalue weighted by Gasteiger charge is -2.34. The Morgan fingerprint density at radius 2 is 2.23 bits per heavy atom. The Bertz CT molecular complexity index is 464. The number of amides is 2. The fraction of sp³-hybridized carbons (Fsp3) is 0.562. The van der Waals surface area contributed by atoms with Gasteiger partial charge in [0.25, 0.3) is 0 Å². The number of hydrogen-bond acceptors (Lipinski definition) is 4. The van der Waals surface area contributed by atoms with E-state index in [-0.39, 0.29) is 18.7 Å². The standard InChI is InChI=1S/C16H24N2O4/c1-2-3-9-22-15-6-4-13(5-7-15)17-16(20)18-8-10-21-12-14(18)11-19/h4-7,14,19H,2-3,8-12H2,1H3,(H,17,20). The highest BCUT2D eigenvalue weighted by Crippen LogP contribution is 2.17. The molecule has 0 aromatic heterocycles.